The fraction of sp³-hybridized carbons (Fsp3) is 0.462. The maximum Gasteiger partial charge on any atom is 0.257 e. The van der Waals surface area contributed by atoms with Crippen molar-refractivity contribution in [1.82, 2.24) is 39.3 Å². The zero-order chi connectivity index (χ0) is 25.5. The Morgan fingerprint density at radius 2 is 2.00 bits per heavy atom. The van der Waals surface area contributed by atoms with Gasteiger partial charge in [-0.15, -0.1) is 0 Å². The largest absolute Gasteiger partial charge is 0.391 e. The molecule has 1 saturated carbocycles. The standard InChI is InChI=1S/C26H33N9O2/c1-27-23-14-21(30-25-18(15-29-35(23)25)26(37)31-20-5-6-22(20)36)19-16-34(24-17(19)4-3-7-28-24)13-12-33-10-8-32(2)9-11-33/h3-4,7,14-16,20,22,27,36H,5-6,8-13H2,1-2H3,(H,31,37)/t20-,22+/m0/s1. The molecule has 4 aromatic rings. The molecule has 1 saturated heterocycles. The van der Waals surface area contributed by atoms with Crippen molar-refractivity contribution in [1.29, 1.82) is 0 Å². The van der Waals surface area contributed by atoms with E-state index < -0.39 is 6.10 Å². The number of aromatic nitrogens is 5. The topological polar surface area (TPSA) is 116 Å². The Balaban J connectivity index is 1.35. The molecule has 4 aromatic heterocycles. The van der Waals surface area contributed by atoms with E-state index in [0.717, 1.165) is 73.8 Å². The summed E-state index contributed by atoms with van der Waals surface area (Å²) in [6, 6.07) is 5.73. The van der Waals surface area contributed by atoms with Crippen LogP contribution >= 0.6 is 0 Å². The van der Waals surface area contributed by atoms with E-state index in [9.17, 15) is 9.90 Å². The number of aliphatic hydroxyl groups is 1. The number of carbonyl (C=O) groups is 1. The van der Waals surface area contributed by atoms with Crippen molar-refractivity contribution in [3.05, 3.63) is 42.4 Å². The molecule has 1 aliphatic carbocycles. The third-order valence-electron chi connectivity index (χ3n) is 7.69. The summed E-state index contributed by atoms with van der Waals surface area (Å²) in [5, 5.41) is 21.4. The van der Waals surface area contributed by atoms with Crippen molar-refractivity contribution in [2.75, 3.05) is 52.1 Å². The highest BCUT2D eigenvalue weighted by Crippen LogP contribution is 2.31. The SMILES string of the molecule is CNc1cc(-c2cn(CCN3CCN(C)CC3)c3ncccc23)nc2c(C(=O)N[C@H]3CC[C@H]3O)cnn12. The Hall–Kier alpha value is -3.54. The first kappa shape index (κ1) is 23.8. The molecule has 0 aromatic carbocycles. The molecule has 1 amide bonds. The summed E-state index contributed by atoms with van der Waals surface area (Å²) in [6.07, 6.45) is 6.46. The summed E-state index contributed by atoms with van der Waals surface area (Å²) >= 11 is 0. The van der Waals surface area contributed by atoms with Gasteiger partial charge in [0.25, 0.3) is 5.91 Å². The second-order valence-electron chi connectivity index (χ2n) is 10.1. The minimum Gasteiger partial charge on any atom is -0.391 e. The van der Waals surface area contributed by atoms with E-state index >= 15 is 0 Å². The van der Waals surface area contributed by atoms with Crippen LogP contribution in [-0.4, -0.2) is 104 Å². The van der Waals surface area contributed by atoms with Crippen LogP contribution < -0.4 is 10.6 Å². The first-order chi connectivity index (χ1) is 18.0. The summed E-state index contributed by atoms with van der Waals surface area (Å²) in [5.41, 5.74) is 3.48. The van der Waals surface area contributed by atoms with E-state index in [1.54, 1.807) is 4.52 Å². The Kier molecular flexibility index (Phi) is 6.27. The summed E-state index contributed by atoms with van der Waals surface area (Å²) in [7, 11) is 3.99. The molecular weight excluding hydrogens is 470 g/mol. The third-order valence-corrected chi connectivity index (χ3v) is 7.69. The van der Waals surface area contributed by atoms with Gasteiger partial charge in [0.1, 0.15) is 17.0 Å². The number of nitrogens with one attached hydrogen (secondary N) is 2. The maximum absolute atomic E-state index is 13.0. The Morgan fingerprint density at radius 1 is 1.16 bits per heavy atom. The highest BCUT2D eigenvalue weighted by Gasteiger charge is 2.31. The average molecular weight is 504 g/mol. The molecule has 3 N–H and O–H groups in total. The van der Waals surface area contributed by atoms with E-state index in [1.165, 1.54) is 6.20 Å². The van der Waals surface area contributed by atoms with Gasteiger partial charge in [-0.3, -0.25) is 9.69 Å². The van der Waals surface area contributed by atoms with Crippen LogP contribution in [0.2, 0.25) is 0 Å². The van der Waals surface area contributed by atoms with E-state index in [4.69, 9.17) is 4.98 Å². The number of pyridine rings is 1. The van der Waals surface area contributed by atoms with Crippen molar-refractivity contribution in [2.45, 2.75) is 31.5 Å². The van der Waals surface area contributed by atoms with Gasteiger partial charge in [0.2, 0.25) is 0 Å². The fourth-order valence-electron chi connectivity index (χ4n) is 5.15. The molecule has 5 heterocycles. The minimum absolute atomic E-state index is 0.223. The van der Waals surface area contributed by atoms with E-state index in [2.05, 4.69) is 54.4 Å². The normalized spacial score (nSPS) is 20.8. The molecule has 2 fully saturated rings. The molecule has 37 heavy (non-hydrogen) atoms. The highest BCUT2D eigenvalue weighted by molar-refractivity contribution is 6.01. The number of likely N-dealkylation sites (N-methyl/N-ethyl adjacent to an activating group) is 1. The number of carbonyl (C=O) groups excluding carboxylic acids is 1. The van der Waals surface area contributed by atoms with E-state index in [0.29, 0.717) is 17.6 Å². The van der Waals surface area contributed by atoms with Gasteiger partial charge in [-0.05, 0) is 32.0 Å². The number of hydrogen-bond donors (Lipinski definition) is 3. The van der Waals surface area contributed by atoms with E-state index in [-0.39, 0.29) is 11.9 Å². The molecule has 0 unspecified atom stereocenters. The van der Waals surface area contributed by atoms with Crippen molar-refractivity contribution >= 4 is 28.4 Å². The van der Waals surface area contributed by atoms with Gasteiger partial charge in [0.05, 0.1) is 24.0 Å². The molecule has 0 radical (unpaired) electrons. The number of anilines is 1. The lowest BCUT2D eigenvalue weighted by Crippen LogP contribution is -2.50. The Morgan fingerprint density at radius 3 is 2.73 bits per heavy atom. The summed E-state index contributed by atoms with van der Waals surface area (Å²) < 4.78 is 3.84. The number of rotatable bonds is 7. The zero-order valence-electron chi connectivity index (χ0n) is 21.3. The number of nitrogens with zero attached hydrogens (tertiary/aromatic N) is 7. The van der Waals surface area contributed by atoms with E-state index in [1.807, 2.05) is 25.4 Å². The second kappa shape index (κ2) is 9.73. The van der Waals surface area contributed by atoms with Crippen LogP contribution in [0.15, 0.2) is 36.8 Å². The monoisotopic (exact) mass is 503 g/mol. The second-order valence-corrected chi connectivity index (χ2v) is 10.1. The van der Waals surface area contributed by atoms with Gasteiger partial charge in [-0.1, -0.05) is 0 Å². The molecule has 11 heteroatoms. The van der Waals surface area contributed by atoms with Crippen LogP contribution in [0.3, 0.4) is 0 Å². The van der Waals surface area contributed by atoms with Gasteiger partial charge in [-0.25, -0.2) is 9.97 Å². The smallest absolute Gasteiger partial charge is 0.257 e. The molecule has 194 valence electrons. The molecular formula is C26H33N9O2. The lowest BCUT2D eigenvalue weighted by molar-refractivity contribution is 0.0448. The van der Waals surface area contributed by atoms with Crippen molar-refractivity contribution < 1.29 is 9.90 Å². The zero-order valence-corrected chi connectivity index (χ0v) is 21.3. The van der Waals surface area contributed by atoms with Gasteiger partial charge >= 0.3 is 0 Å². The number of piperazine rings is 1. The van der Waals surface area contributed by atoms with Crippen LogP contribution in [0.1, 0.15) is 23.2 Å². The summed E-state index contributed by atoms with van der Waals surface area (Å²) in [5.74, 6) is 0.451. The molecule has 2 atom stereocenters. The molecule has 0 spiro atoms. The predicted molar refractivity (Wildman–Crippen MR) is 142 cm³/mol. The maximum atomic E-state index is 13.0. The van der Waals surface area contributed by atoms with Gasteiger partial charge in [0, 0.05) is 75.7 Å². The van der Waals surface area contributed by atoms with Gasteiger partial charge < -0.3 is 25.2 Å². The lowest BCUT2D eigenvalue weighted by Gasteiger charge is -2.32. The average Bonchev–Trinajstić information content (AvgIpc) is 3.52. The minimum atomic E-state index is -0.494. The van der Waals surface area contributed by atoms with Crippen LogP contribution in [0.25, 0.3) is 27.9 Å². The Labute approximate surface area is 215 Å². The summed E-state index contributed by atoms with van der Waals surface area (Å²) in [4.78, 5) is 27.5. The van der Waals surface area contributed by atoms with Crippen molar-refractivity contribution in [2.24, 2.45) is 0 Å². The molecule has 11 nitrogen and oxygen atoms in total. The number of hydrogen-bond acceptors (Lipinski definition) is 8. The quantitative estimate of drug-likeness (QED) is 0.346. The molecule has 1 aliphatic heterocycles. The highest BCUT2D eigenvalue weighted by atomic mass is 16.3. The molecule has 6 rings (SSSR count). The van der Waals surface area contributed by atoms with Gasteiger partial charge in [0.15, 0.2) is 5.65 Å². The van der Waals surface area contributed by atoms with Crippen LogP contribution in [0.5, 0.6) is 0 Å². The summed E-state index contributed by atoms with van der Waals surface area (Å²) in [6.45, 7) is 6.12. The first-order valence-electron chi connectivity index (χ1n) is 12.9. The first-order valence-corrected chi connectivity index (χ1v) is 12.9. The molecule has 2 aliphatic rings. The van der Waals surface area contributed by atoms with Crippen LogP contribution in [0, 0.1) is 0 Å². The van der Waals surface area contributed by atoms with Crippen LogP contribution in [-0.2, 0) is 6.54 Å². The molecule has 0 bridgehead atoms. The predicted octanol–water partition coefficient (Wildman–Crippen LogP) is 1.29. The van der Waals surface area contributed by atoms with Crippen LogP contribution in [0.4, 0.5) is 5.82 Å². The number of amides is 1. The third kappa shape index (κ3) is 4.43. The fourth-order valence-corrected chi connectivity index (χ4v) is 5.15. The van der Waals surface area contributed by atoms with Crippen molar-refractivity contribution in [3.63, 3.8) is 0 Å². The van der Waals surface area contributed by atoms with Crippen molar-refractivity contribution in [3.8, 4) is 11.3 Å². The Bertz CT molecular complexity index is 1440. The number of fused-ring (bicyclic) bond motifs is 2. The number of aliphatic hydroxyl groups excluding tert-OH is 1. The van der Waals surface area contributed by atoms with Gasteiger partial charge in [-0.2, -0.15) is 9.61 Å². The lowest BCUT2D eigenvalue weighted by atomic mass is 9.89.